The average Bonchev–Trinajstić information content (AvgIpc) is 2.66. The van der Waals surface area contributed by atoms with Crippen LogP contribution in [0.5, 0.6) is 0 Å². The lowest BCUT2D eigenvalue weighted by atomic mass is 9.84. The molecule has 1 fully saturated rings. The summed E-state index contributed by atoms with van der Waals surface area (Å²) in [5.74, 6) is -1.55. The predicted octanol–water partition coefficient (Wildman–Crippen LogP) is 2.02. The molecule has 0 saturated heterocycles. The van der Waals surface area contributed by atoms with E-state index >= 15 is 0 Å². The normalized spacial score (nSPS) is 26.6. The van der Waals surface area contributed by atoms with Gasteiger partial charge in [-0.1, -0.05) is 36.8 Å². The molecule has 86 valence electrons. The lowest BCUT2D eigenvalue weighted by Crippen LogP contribution is -2.27. The van der Waals surface area contributed by atoms with E-state index in [9.17, 15) is 15.0 Å². The van der Waals surface area contributed by atoms with Gasteiger partial charge in [-0.15, -0.1) is 0 Å². The molecule has 1 aliphatic carbocycles. The smallest absolute Gasteiger partial charge is 0.311 e. The van der Waals surface area contributed by atoms with E-state index in [-0.39, 0.29) is 5.92 Å². The standard InChI is InChI=1S/C13H16O3/c14-11-8-4-7-10(11)12(13(15)16)9-5-2-1-3-6-9/h1-3,5-6,10-12,14H,4,7-8H2,(H,15,16). The number of rotatable bonds is 3. The molecule has 3 unspecified atom stereocenters. The number of aliphatic hydroxyl groups excluding tert-OH is 1. The highest BCUT2D eigenvalue weighted by Crippen LogP contribution is 2.37. The molecule has 3 nitrogen and oxygen atoms in total. The molecule has 0 spiro atoms. The average molecular weight is 220 g/mol. The Bertz CT molecular complexity index is 361. The van der Waals surface area contributed by atoms with Crippen molar-refractivity contribution < 1.29 is 15.0 Å². The number of carboxylic acids is 1. The lowest BCUT2D eigenvalue weighted by molar-refractivity contribution is -0.141. The van der Waals surface area contributed by atoms with Gasteiger partial charge in [-0.2, -0.15) is 0 Å². The SMILES string of the molecule is O=C(O)C(c1ccccc1)C1CCCC1O. The van der Waals surface area contributed by atoms with Crippen molar-refractivity contribution in [1.82, 2.24) is 0 Å². The van der Waals surface area contributed by atoms with E-state index in [2.05, 4.69) is 0 Å². The molecule has 2 N–H and O–H groups in total. The zero-order valence-corrected chi connectivity index (χ0v) is 9.04. The van der Waals surface area contributed by atoms with Crippen molar-refractivity contribution in [3.05, 3.63) is 35.9 Å². The minimum absolute atomic E-state index is 0.139. The minimum Gasteiger partial charge on any atom is -0.481 e. The summed E-state index contributed by atoms with van der Waals surface area (Å²) in [5.41, 5.74) is 0.793. The number of carboxylic acid groups (broad SMARTS) is 1. The summed E-state index contributed by atoms with van der Waals surface area (Å²) in [7, 11) is 0. The van der Waals surface area contributed by atoms with Crippen molar-refractivity contribution in [3.8, 4) is 0 Å². The Balaban J connectivity index is 2.27. The molecular weight excluding hydrogens is 204 g/mol. The van der Waals surface area contributed by atoms with Gasteiger partial charge in [0.2, 0.25) is 0 Å². The quantitative estimate of drug-likeness (QED) is 0.819. The van der Waals surface area contributed by atoms with Crippen LogP contribution in [-0.2, 0) is 4.79 Å². The maximum atomic E-state index is 11.3. The Morgan fingerprint density at radius 1 is 1.25 bits per heavy atom. The van der Waals surface area contributed by atoms with E-state index in [4.69, 9.17) is 0 Å². The van der Waals surface area contributed by atoms with Gasteiger partial charge in [0.15, 0.2) is 0 Å². The van der Waals surface area contributed by atoms with E-state index in [1.54, 1.807) is 0 Å². The maximum absolute atomic E-state index is 11.3. The zero-order chi connectivity index (χ0) is 11.5. The van der Waals surface area contributed by atoms with Crippen LogP contribution in [0.3, 0.4) is 0 Å². The number of carbonyl (C=O) groups is 1. The Hall–Kier alpha value is -1.35. The van der Waals surface area contributed by atoms with Gasteiger partial charge in [-0.25, -0.2) is 0 Å². The first-order valence-corrected chi connectivity index (χ1v) is 5.66. The van der Waals surface area contributed by atoms with E-state index in [0.29, 0.717) is 0 Å². The largest absolute Gasteiger partial charge is 0.481 e. The lowest BCUT2D eigenvalue weighted by Gasteiger charge is -2.22. The van der Waals surface area contributed by atoms with Gasteiger partial charge < -0.3 is 10.2 Å². The van der Waals surface area contributed by atoms with Gasteiger partial charge in [-0.3, -0.25) is 4.79 Å². The second kappa shape index (κ2) is 4.66. The number of aliphatic carboxylic acids is 1. The fourth-order valence-corrected chi connectivity index (χ4v) is 2.59. The van der Waals surface area contributed by atoms with Crippen LogP contribution >= 0.6 is 0 Å². The van der Waals surface area contributed by atoms with Crippen LogP contribution < -0.4 is 0 Å². The molecule has 1 saturated carbocycles. The van der Waals surface area contributed by atoms with Crippen LogP contribution in [0.2, 0.25) is 0 Å². The molecule has 3 heteroatoms. The van der Waals surface area contributed by atoms with Crippen LogP contribution in [0.25, 0.3) is 0 Å². The van der Waals surface area contributed by atoms with E-state index in [1.807, 2.05) is 30.3 Å². The van der Waals surface area contributed by atoms with Crippen LogP contribution in [-0.4, -0.2) is 22.3 Å². The first kappa shape index (κ1) is 11.1. The van der Waals surface area contributed by atoms with Gasteiger partial charge in [-0.05, 0) is 18.4 Å². The molecule has 0 heterocycles. The van der Waals surface area contributed by atoms with Gasteiger partial charge in [0, 0.05) is 5.92 Å². The van der Waals surface area contributed by atoms with Crippen molar-refractivity contribution in [1.29, 1.82) is 0 Å². The summed E-state index contributed by atoms with van der Waals surface area (Å²) in [6, 6.07) is 9.19. The monoisotopic (exact) mass is 220 g/mol. The number of hydrogen-bond acceptors (Lipinski definition) is 2. The molecule has 0 aliphatic heterocycles. The van der Waals surface area contributed by atoms with Crippen molar-refractivity contribution in [2.24, 2.45) is 5.92 Å². The summed E-state index contributed by atoms with van der Waals surface area (Å²) in [5, 5.41) is 19.1. The Labute approximate surface area is 94.7 Å². The highest BCUT2D eigenvalue weighted by atomic mass is 16.4. The van der Waals surface area contributed by atoms with Gasteiger partial charge in [0.25, 0.3) is 0 Å². The van der Waals surface area contributed by atoms with Crippen molar-refractivity contribution in [2.45, 2.75) is 31.3 Å². The maximum Gasteiger partial charge on any atom is 0.311 e. The fourth-order valence-electron chi connectivity index (χ4n) is 2.59. The summed E-state index contributed by atoms with van der Waals surface area (Å²) in [6.45, 7) is 0. The van der Waals surface area contributed by atoms with E-state index in [1.165, 1.54) is 0 Å². The first-order chi connectivity index (χ1) is 7.70. The molecule has 1 aromatic carbocycles. The summed E-state index contributed by atoms with van der Waals surface area (Å²) < 4.78 is 0. The molecule has 2 rings (SSSR count). The number of hydrogen-bond donors (Lipinski definition) is 2. The summed E-state index contributed by atoms with van der Waals surface area (Å²) in [6.07, 6.45) is 1.97. The topological polar surface area (TPSA) is 57.5 Å². The fraction of sp³-hybridized carbons (Fsp3) is 0.462. The van der Waals surface area contributed by atoms with E-state index in [0.717, 1.165) is 24.8 Å². The molecule has 0 radical (unpaired) electrons. The highest BCUT2D eigenvalue weighted by molar-refractivity contribution is 5.76. The molecule has 0 amide bonds. The first-order valence-electron chi connectivity index (χ1n) is 5.66. The molecule has 1 aromatic rings. The molecular formula is C13H16O3. The van der Waals surface area contributed by atoms with Crippen LogP contribution in [0.15, 0.2) is 30.3 Å². The van der Waals surface area contributed by atoms with Gasteiger partial charge in [0.05, 0.1) is 12.0 Å². The third kappa shape index (κ3) is 2.09. The summed E-state index contributed by atoms with van der Waals surface area (Å²) >= 11 is 0. The van der Waals surface area contributed by atoms with Crippen LogP contribution in [0.1, 0.15) is 30.7 Å². The van der Waals surface area contributed by atoms with Gasteiger partial charge in [0.1, 0.15) is 0 Å². The number of benzene rings is 1. The Kier molecular flexibility index (Phi) is 3.25. The van der Waals surface area contributed by atoms with Gasteiger partial charge >= 0.3 is 5.97 Å². The highest BCUT2D eigenvalue weighted by Gasteiger charge is 2.37. The third-order valence-electron chi connectivity index (χ3n) is 3.38. The van der Waals surface area contributed by atoms with E-state index < -0.39 is 18.0 Å². The Morgan fingerprint density at radius 2 is 1.94 bits per heavy atom. The molecule has 0 aromatic heterocycles. The summed E-state index contributed by atoms with van der Waals surface area (Å²) in [4.78, 5) is 11.3. The zero-order valence-electron chi connectivity index (χ0n) is 9.04. The molecule has 0 bridgehead atoms. The van der Waals surface area contributed by atoms with Crippen molar-refractivity contribution in [2.75, 3.05) is 0 Å². The third-order valence-corrected chi connectivity index (χ3v) is 3.38. The van der Waals surface area contributed by atoms with Crippen molar-refractivity contribution in [3.63, 3.8) is 0 Å². The predicted molar refractivity (Wildman–Crippen MR) is 60.2 cm³/mol. The van der Waals surface area contributed by atoms with Crippen molar-refractivity contribution >= 4 is 5.97 Å². The van der Waals surface area contributed by atoms with Crippen LogP contribution in [0.4, 0.5) is 0 Å². The molecule has 3 atom stereocenters. The number of aliphatic hydroxyl groups is 1. The second-order valence-corrected chi connectivity index (χ2v) is 4.39. The Morgan fingerprint density at radius 3 is 2.44 bits per heavy atom. The second-order valence-electron chi connectivity index (χ2n) is 4.39. The molecule has 1 aliphatic rings. The molecule has 16 heavy (non-hydrogen) atoms. The van der Waals surface area contributed by atoms with Crippen LogP contribution in [0, 0.1) is 5.92 Å². The minimum atomic E-state index is -0.836.